The van der Waals surface area contributed by atoms with Gasteiger partial charge in [0, 0.05) is 42.3 Å². The molecule has 1 atom stereocenters. The molecule has 30 heavy (non-hydrogen) atoms. The maximum absolute atomic E-state index is 12.8. The number of H-pyrrole nitrogens is 1. The number of para-hydroxylation sites is 1. The zero-order valence-corrected chi connectivity index (χ0v) is 17.2. The highest BCUT2D eigenvalue weighted by molar-refractivity contribution is 5.93. The number of nitrogens with zero attached hydrogens (tertiary/aromatic N) is 1. The number of aromatic nitrogens is 1. The van der Waals surface area contributed by atoms with E-state index in [0.29, 0.717) is 19.4 Å². The van der Waals surface area contributed by atoms with Gasteiger partial charge >= 0.3 is 0 Å². The lowest BCUT2D eigenvalue weighted by Gasteiger charge is -2.32. The van der Waals surface area contributed by atoms with E-state index in [1.54, 1.807) is 7.11 Å². The van der Waals surface area contributed by atoms with Crippen LogP contribution in [0.25, 0.3) is 10.9 Å². The number of hydrogen-bond acceptors (Lipinski definition) is 3. The number of anilines is 1. The van der Waals surface area contributed by atoms with Gasteiger partial charge in [-0.15, -0.1) is 0 Å². The third-order valence-corrected chi connectivity index (χ3v) is 5.79. The summed E-state index contributed by atoms with van der Waals surface area (Å²) in [7, 11) is 1.61. The fourth-order valence-electron chi connectivity index (χ4n) is 4.07. The Morgan fingerprint density at radius 1 is 1.17 bits per heavy atom. The number of aryl methyl sites for hydroxylation is 1. The lowest BCUT2D eigenvalue weighted by Crippen LogP contribution is -2.43. The molecule has 6 heteroatoms. The number of carbonyl (C=O) groups excluding carboxylic acids is 2. The van der Waals surface area contributed by atoms with Crippen LogP contribution in [-0.4, -0.2) is 41.9 Å². The standard InChI is InChI=1S/C24H27N3O3/c1-30-20-11-9-19(10-12-20)26-24(29)18-5-4-14-27(16-18)23(28)13-8-17-15-25-22-7-3-2-6-21(17)22/h2-3,6-7,9-12,15,18,25H,4-5,8,13-14,16H2,1H3,(H,26,29). The molecule has 1 fully saturated rings. The monoisotopic (exact) mass is 405 g/mol. The fourth-order valence-corrected chi connectivity index (χ4v) is 4.07. The molecule has 0 radical (unpaired) electrons. The topological polar surface area (TPSA) is 74.4 Å². The van der Waals surface area contributed by atoms with Crippen LogP contribution < -0.4 is 10.1 Å². The second kappa shape index (κ2) is 9.03. The Balaban J connectivity index is 1.32. The van der Waals surface area contributed by atoms with Crippen LogP contribution in [0.2, 0.25) is 0 Å². The molecule has 0 aliphatic carbocycles. The van der Waals surface area contributed by atoms with Crippen LogP contribution in [0.4, 0.5) is 5.69 Å². The van der Waals surface area contributed by atoms with Gasteiger partial charge in [-0.1, -0.05) is 18.2 Å². The smallest absolute Gasteiger partial charge is 0.229 e. The molecule has 1 aliphatic heterocycles. The van der Waals surface area contributed by atoms with Gasteiger partial charge in [-0.3, -0.25) is 9.59 Å². The molecule has 1 saturated heterocycles. The van der Waals surface area contributed by atoms with Crippen LogP contribution in [0.3, 0.4) is 0 Å². The summed E-state index contributed by atoms with van der Waals surface area (Å²) < 4.78 is 5.15. The van der Waals surface area contributed by atoms with Gasteiger partial charge in [0.1, 0.15) is 5.75 Å². The Hall–Kier alpha value is -3.28. The number of methoxy groups -OCH3 is 1. The third-order valence-electron chi connectivity index (χ3n) is 5.79. The highest BCUT2D eigenvalue weighted by Crippen LogP contribution is 2.23. The lowest BCUT2D eigenvalue weighted by atomic mass is 9.96. The van der Waals surface area contributed by atoms with Crippen molar-refractivity contribution in [3.8, 4) is 5.75 Å². The van der Waals surface area contributed by atoms with E-state index in [-0.39, 0.29) is 17.7 Å². The first-order valence-electron chi connectivity index (χ1n) is 10.4. The van der Waals surface area contributed by atoms with Crippen LogP contribution in [0.1, 0.15) is 24.8 Å². The van der Waals surface area contributed by atoms with Gasteiger partial charge in [0.2, 0.25) is 11.8 Å². The molecule has 1 unspecified atom stereocenters. The summed E-state index contributed by atoms with van der Waals surface area (Å²) in [5.74, 6) is 0.645. The van der Waals surface area contributed by atoms with Gasteiger partial charge in [0.25, 0.3) is 0 Å². The molecule has 0 bridgehead atoms. The van der Waals surface area contributed by atoms with Gasteiger partial charge in [0.05, 0.1) is 13.0 Å². The fraction of sp³-hybridized carbons (Fsp3) is 0.333. The number of aromatic amines is 1. The largest absolute Gasteiger partial charge is 0.497 e. The van der Waals surface area contributed by atoms with Crippen molar-refractivity contribution >= 4 is 28.4 Å². The minimum absolute atomic E-state index is 0.0331. The number of rotatable bonds is 6. The van der Waals surface area contributed by atoms with Gasteiger partial charge in [0.15, 0.2) is 0 Å². The van der Waals surface area contributed by atoms with Crippen molar-refractivity contribution < 1.29 is 14.3 Å². The minimum Gasteiger partial charge on any atom is -0.497 e. The number of likely N-dealkylation sites (tertiary alicyclic amines) is 1. The Morgan fingerprint density at radius 2 is 1.97 bits per heavy atom. The lowest BCUT2D eigenvalue weighted by molar-refractivity contribution is -0.134. The summed E-state index contributed by atoms with van der Waals surface area (Å²) >= 11 is 0. The number of ether oxygens (including phenoxy) is 1. The predicted octanol–water partition coefficient (Wildman–Crippen LogP) is 3.99. The molecule has 1 aliphatic rings. The van der Waals surface area contributed by atoms with Crippen LogP contribution >= 0.6 is 0 Å². The molecule has 3 aromatic rings. The molecule has 156 valence electrons. The zero-order chi connectivity index (χ0) is 20.9. The normalized spacial score (nSPS) is 16.4. The SMILES string of the molecule is COc1ccc(NC(=O)C2CCCN(C(=O)CCc3c[nH]c4ccccc34)C2)cc1. The molecule has 0 spiro atoms. The van der Waals surface area contributed by atoms with E-state index in [1.165, 1.54) is 5.39 Å². The maximum atomic E-state index is 12.8. The number of carbonyl (C=O) groups is 2. The highest BCUT2D eigenvalue weighted by atomic mass is 16.5. The summed E-state index contributed by atoms with van der Waals surface area (Å²) in [6.45, 7) is 1.20. The second-order valence-electron chi connectivity index (χ2n) is 7.76. The predicted molar refractivity (Wildman–Crippen MR) is 118 cm³/mol. The van der Waals surface area contributed by atoms with Crippen molar-refractivity contribution in [3.05, 3.63) is 60.3 Å². The first-order valence-corrected chi connectivity index (χ1v) is 10.4. The summed E-state index contributed by atoms with van der Waals surface area (Å²) in [5.41, 5.74) is 2.99. The summed E-state index contributed by atoms with van der Waals surface area (Å²) in [5, 5.41) is 4.13. The molecule has 2 aromatic carbocycles. The third kappa shape index (κ3) is 4.48. The summed E-state index contributed by atoms with van der Waals surface area (Å²) in [6.07, 6.45) is 4.78. The Bertz CT molecular complexity index is 1030. The molecular weight excluding hydrogens is 378 g/mol. The Labute approximate surface area is 176 Å². The molecule has 2 amide bonds. The van der Waals surface area contributed by atoms with Crippen molar-refractivity contribution in [1.29, 1.82) is 0 Å². The number of nitrogens with one attached hydrogen (secondary N) is 2. The average molecular weight is 405 g/mol. The van der Waals surface area contributed by atoms with E-state index in [1.807, 2.05) is 53.6 Å². The van der Waals surface area contributed by atoms with Crippen LogP contribution in [0.15, 0.2) is 54.7 Å². The number of amides is 2. The molecule has 1 aromatic heterocycles. The number of hydrogen-bond donors (Lipinski definition) is 2. The van der Waals surface area contributed by atoms with E-state index >= 15 is 0 Å². The van der Waals surface area contributed by atoms with Gasteiger partial charge < -0.3 is 19.9 Å². The van der Waals surface area contributed by atoms with E-state index < -0.39 is 0 Å². The molecular formula is C24H27N3O3. The first kappa shape index (κ1) is 20.0. The van der Waals surface area contributed by atoms with Crippen molar-refractivity contribution in [2.75, 3.05) is 25.5 Å². The van der Waals surface area contributed by atoms with Gasteiger partial charge in [-0.2, -0.15) is 0 Å². The van der Waals surface area contributed by atoms with Crippen molar-refractivity contribution in [3.63, 3.8) is 0 Å². The summed E-state index contributed by atoms with van der Waals surface area (Å²) in [4.78, 5) is 30.6. The van der Waals surface area contributed by atoms with E-state index in [4.69, 9.17) is 4.74 Å². The molecule has 4 rings (SSSR count). The molecule has 2 heterocycles. The maximum Gasteiger partial charge on any atom is 0.229 e. The van der Waals surface area contributed by atoms with Crippen molar-refractivity contribution in [1.82, 2.24) is 9.88 Å². The van der Waals surface area contributed by atoms with Crippen molar-refractivity contribution in [2.24, 2.45) is 5.92 Å². The molecule has 2 N–H and O–H groups in total. The van der Waals surface area contributed by atoms with Crippen molar-refractivity contribution in [2.45, 2.75) is 25.7 Å². The number of piperidine rings is 1. The Morgan fingerprint density at radius 3 is 2.77 bits per heavy atom. The minimum atomic E-state index is -0.183. The summed E-state index contributed by atoms with van der Waals surface area (Å²) in [6, 6.07) is 15.4. The molecule has 6 nitrogen and oxygen atoms in total. The van der Waals surface area contributed by atoms with E-state index in [2.05, 4.69) is 16.4 Å². The first-order chi connectivity index (χ1) is 14.6. The van der Waals surface area contributed by atoms with E-state index in [0.717, 1.165) is 41.9 Å². The van der Waals surface area contributed by atoms with Gasteiger partial charge in [-0.05, 0) is 55.2 Å². The Kier molecular flexibility index (Phi) is 6.02. The van der Waals surface area contributed by atoms with Crippen LogP contribution in [0, 0.1) is 5.92 Å². The average Bonchev–Trinajstić information content (AvgIpc) is 3.21. The van der Waals surface area contributed by atoms with Crippen LogP contribution in [0.5, 0.6) is 5.75 Å². The number of fused-ring (bicyclic) bond motifs is 1. The highest BCUT2D eigenvalue weighted by Gasteiger charge is 2.28. The quantitative estimate of drug-likeness (QED) is 0.651. The number of benzene rings is 2. The van der Waals surface area contributed by atoms with E-state index in [9.17, 15) is 9.59 Å². The van der Waals surface area contributed by atoms with Gasteiger partial charge in [-0.25, -0.2) is 0 Å². The zero-order valence-electron chi connectivity index (χ0n) is 17.2. The molecule has 0 saturated carbocycles. The second-order valence-corrected chi connectivity index (χ2v) is 7.76. The van der Waals surface area contributed by atoms with Crippen LogP contribution in [-0.2, 0) is 16.0 Å².